The maximum Gasteiger partial charge on any atom is 0.262 e. The van der Waals surface area contributed by atoms with Crippen LogP contribution in [0.15, 0.2) is 90.1 Å². The van der Waals surface area contributed by atoms with Crippen molar-refractivity contribution in [3.8, 4) is 5.88 Å². The van der Waals surface area contributed by atoms with Gasteiger partial charge in [-0.2, -0.15) is 0 Å². The van der Waals surface area contributed by atoms with Crippen molar-refractivity contribution in [2.75, 3.05) is 23.8 Å². The van der Waals surface area contributed by atoms with Gasteiger partial charge in [0.1, 0.15) is 6.54 Å². The Labute approximate surface area is 202 Å². The molecule has 1 aromatic heterocycles. The molecular weight excluding hydrogens is 452 g/mol. The number of aliphatic imine (C=N–C) groups is 1. The molecule has 2 N–H and O–H groups in total. The van der Waals surface area contributed by atoms with Crippen molar-refractivity contribution in [2.24, 2.45) is 4.99 Å². The molecule has 0 radical (unpaired) electrons. The number of carbonyl (C=O) groups excluding carboxylic acids is 2. The zero-order valence-corrected chi connectivity index (χ0v) is 18.8. The molecule has 4 aromatic rings. The predicted octanol–water partition coefficient (Wildman–Crippen LogP) is 4.46. The molecular formula is C26H21ClN4O3. The standard InChI is InChI=1S/C26H20N4O3.ClH/c31-22-15-28-25(21-13-10-17-5-1-2-6-20(17)26(21)30-22)18-8-11-19(12-9-18)29-23(32)16-33-24-7-3-4-14-27-24;/h1-14H,15-16H2,(H,29,32)(H,30,31);1H. The highest BCUT2D eigenvalue weighted by Crippen LogP contribution is 2.31. The number of amides is 2. The Morgan fingerprint density at radius 1 is 0.971 bits per heavy atom. The number of nitrogens with zero attached hydrogens (tertiary/aromatic N) is 2. The molecule has 0 unspecified atom stereocenters. The minimum Gasteiger partial charge on any atom is -0.468 e. The van der Waals surface area contributed by atoms with Gasteiger partial charge in [0, 0.05) is 34.5 Å². The van der Waals surface area contributed by atoms with E-state index in [1.54, 1.807) is 36.5 Å². The molecule has 1 aliphatic rings. The fraction of sp³-hybridized carbons (Fsp3) is 0.0769. The average molecular weight is 473 g/mol. The number of rotatable bonds is 5. The van der Waals surface area contributed by atoms with Crippen LogP contribution in [0.2, 0.25) is 0 Å². The Balaban J connectivity index is 0.00000274. The third kappa shape index (κ3) is 4.89. The van der Waals surface area contributed by atoms with Crippen LogP contribution in [0.1, 0.15) is 11.1 Å². The minimum absolute atomic E-state index is 0. The molecule has 2 heterocycles. The zero-order chi connectivity index (χ0) is 22.6. The molecule has 34 heavy (non-hydrogen) atoms. The number of nitrogens with one attached hydrogen (secondary N) is 2. The summed E-state index contributed by atoms with van der Waals surface area (Å²) in [5.41, 5.74) is 3.84. The first-order valence-electron chi connectivity index (χ1n) is 10.5. The smallest absolute Gasteiger partial charge is 0.262 e. The number of benzene rings is 3. The molecule has 0 saturated carbocycles. The Kier molecular flexibility index (Phi) is 6.85. The molecule has 0 atom stereocenters. The van der Waals surface area contributed by atoms with Gasteiger partial charge >= 0.3 is 0 Å². The number of carbonyl (C=O) groups is 2. The molecule has 0 spiro atoms. The molecule has 0 bridgehead atoms. The summed E-state index contributed by atoms with van der Waals surface area (Å²) < 4.78 is 5.38. The lowest BCUT2D eigenvalue weighted by Gasteiger charge is -2.13. The second-order valence-corrected chi connectivity index (χ2v) is 7.50. The second kappa shape index (κ2) is 10.1. The Hall–Kier alpha value is -4.23. The molecule has 2 amide bonds. The van der Waals surface area contributed by atoms with E-state index in [0.717, 1.165) is 33.3 Å². The summed E-state index contributed by atoms with van der Waals surface area (Å²) in [7, 11) is 0. The highest BCUT2D eigenvalue weighted by molar-refractivity contribution is 6.23. The second-order valence-electron chi connectivity index (χ2n) is 7.50. The van der Waals surface area contributed by atoms with Gasteiger partial charge in [0.25, 0.3) is 5.91 Å². The van der Waals surface area contributed by atoms with Crippen molar-refractivity contribution in [2.45, 2.75) is 0 Å². The normalized spacial score (nSPS) is 12.5. The summed E-state index contributed by atoms with van der Waals surface area (Å²) >= 11 is 0. The highest BCUT2D eigenvalue weighted by atomic mass is 35.5. The van der Waals surface area contributed by atoms with Crippen LogP contribution in [0.4, 0.5) is 11.4 Å². The van der Waals surface area contributed by atoms with Crippen LogP contribution in [0.3, 0.4) is 0 Å². The van der Waals surface area contributed by atoms with Crippen LogP contribution in [0, 0.1) is 0 Å². The SMILES string of the molecule is Cl.O=C(COc1ccccn1)Nc1ccc(C2=NCC(=O)Nc3c2ccc2ccccc32)cc1. The average Bonchev–Trinajstić information content (AvgIpc) is 3.02. The van der Waals surface area contributed by atoms with Gasteiger partial charge < -0.3 is 15.4 Å². The molecule has 0 fully saturated rings. The van der Waals surface area contributed by atoms with Gasteiger partial charge in [0.2, 0.25) is 11.8 Å². The van der Waals surface area contributed by atoms with Crippen molar-refractivity contribution in [1.29, 1.82) is 0 Å². The van der Waals surface area contributed by atoms with Crippen molar-refractivity contribution in [3.63, 3.8) is 0 Å². The third-order valence-corrected chi connectivity index (χ3v) is 5.26. The highest BCUT2D eigenvalue weighted by Gasteiger charge is 2.20. The van der Waals surface area contributed by atoms with E-state index in [0.29, 0.717) is 11.6 Å². The van der Waals surface area contributed by atoms with Crippen molar-refractivity contribution >= 4 is 52.1 Å². The first kappa shape index (κ1) is 22.9. The van der Waals surface area contributed by atoms with E-state index in [9.17, 15) is 9.59 Å². The van der Waals surface area contributed by atoms with Gasteiger partial charge in [-0.1, -0.05) is 54.6 Å². The number of ether oxygens (including phenoxy) is 1. The van der Waals surface area contributed by atoms with Crippen LogP contribution in [-0.2, 0) is 9.59 Å². The first-order valence-corrected chi connectivity index (χ1v) is 10.5. The van der Waals surface area contributed by atoms with Gasteiger partial charge in [0.05, 0.1) is 11.4 Å². The summed E-state index contributed by atoms with van der Waals surface area (Å²) in [5, 5.41) is 7.82. The van der Waals surface area contributed by atoms with E-state index in [1.807, 2.05) is 48.5 Å². The monoisotopic (exact) mass is 472 g/mol. The fourth-order valence-electron chi connectivity index (χ4n) is 3.75. The summed E-state index contributed by atoms with van der Waals surface area (Å²) in [6, 6.07) is 24.5. The van der Waals surface area contributed by atoms with E-state index in [1.165, 1.54) is 0 Å². The quantitative estimate of drug-likeness (QED) is 0.448. The van der Waals surface area contributed by atoms with Crippen molar-refractivity contribution in [3.05, 3.63) is 96.2 Å². The molecule has 170 valence electrons. The Morgan fingerprint density at radius 2 is 1.76 bits per heavy atom. The van der Waals surface area contributed by atoms with Crippen LogP contribution in [0.25, 0.3) is 10.8 Å². The van der Waals surface area contributed by atoms with Crippen LogP contribution < -0.4 is 15.4 Å². The van der Waals surface area contributed by atoms with Gasteiger partial charge in [0.15, 0.2) is 6.61 Å². The van der Waals surface area contributed by atoms with E-state index < -0.39 is 0 Å². The molecule has 0 saturated heterocycles. The number of anilines is 2. The van der Waals surface area contributed by atoms with Gasteiger partial charge in [-0.3, -0.25) is 14.6 Å². The number of pyridine rings is 1. The number of fused-ring (bicyclic) bond motifs is 3. The van der Waals surface area contributed by atoms with Gasteiger partial charge in [-0.15, -0.1) is 12.4 Å². The Morgan fingerprint density at radius 3 is 2.56 bits per heavy atom. The van der Waals surface area contributed by atoms with Crippen LogP contribution in [-0.4, -0.2) is 35.7 Å². The molecule has 5 rings (SSSR count). The zero-order valence-electron chi connectivity index (χ0n) is 18.0. The lowest BCUT2D eigenvalue weighted by molar-refractivity contribution is -0.118. The fourth-order valence-corrected chi connectivity index (χ4v) is 3.75. The lowest BCUT2D eigenvalue weighted by atomic mass is 9.96. The lowest BCUT2D eigenvalue weighted by Crippen LogP contribution is -2.20. The number of halogens is 1. The van der Waals surface area contributed by atoms with E-state index in [2.05, 4.69) is 20.6 Å². The third-order valence-electron chi connectivity index (χ3n) is 5.26. The summed E-state index contributed by atoms with van der Waals surface area (Å²) in [6.07, 6.45) is 1.60. The molecule has 7 nitrogen and oxygen atoms in total. The predicted molar refractivity (Wildman–Crippen MR) is 135 cm³/mol. The van der Waals surface area contributed by atoms with Crippen molar-refractivity contribution < 1.29 is 14.3 Å². The molecule has 3 aromatic carbocycles. The maximum atomic E-state index is 12.3. The van der Waals surface area contributed by atoms with Gasteiger partial charge in [-0.25, -0.2) is 4.98 Å². The Bertz CT molecular complexity index is 1370. The van der Waals surface area contributed by atoms with Crippen LogP contribution >= 0.6 is 12.4 Å². The minimum atomic E-state index is -0.285. The van der Waals surface area contributed by atoms with E-state index >= 15 is 0 Å². The number of aromatic nitrogens is 1. The van der Waals surface area contributed by atoms with E-state index in [-0.39, 0.29) is 37.4 Å². The van der Waals surface area contributed by atoms with Crippen LogP contribution in [0.5, 0.6) is 5.88 Å². The first-order chi connectivity index (χ1) is 16.2. The maximum absolute atomic E-state index is 12.3. The topological polar surface area (TPSA) is 92.7 Å². The molecule has 1 aliphatic heterocycles. The summed E-state index contributed by atoms with van der Waals surface area (Å²) in [4.78, 5) is 33.1. The summed E-state index contributed by atoms with van der Waals surface area (Å²) in [5.74, 6) is -0.0464. The molecule has 8 heteroatoms. The van der Waals surface area contributed by atoms with E-state index in [4.69, 9.17) is 4.74 Å². The largest absolute Gasteiger partial charge is 0.468 e. The molecule has 0 aliphatic carbocycles. The summed E-state index contributed by atoms with van der Waals surface area (Å²) in [6.45, 7) is -0.0958. The number of hydrogen-bond acceptors (Lipinski definition) is 5. The van der Waals surface area contributed by atoms with Crippen molar-refractivity contribution in [1.82, 2.24) is 4.98 Å². The number of hydrogen-bond donors (Lipinski definition) is 2. The van der Waals surface area contributed by atoms with Gasteiger partial charge in [-0.05, 0) is 23.6 Å².